The summed E-state index contributed by atoms with van der Waals surface area (Å²) in [6.45, 7) is 0. The van der Waals surface area contributed by atoms with E-state index in [0.717, 1.165) is 24.8 Å². The third-order valence-corrected chi connectivity index (χ3v) is 3.32. The van der Waals surface area contributed by atoms with Gasteiger partial charge in [-0.15, -0.1) is 13.2 Å². The summed E-state index contributed by atoms with van der Waals surface area (Å²) in [5, 5.41) is 12.8. The van der Waals surface area contributed by atoms with E-state index >= 15 is 0 Å². The normalized spacial score (nSPS) is 11.4. The number of amides is 1. The number of hydrazone groups is 1. The van der Waals surface area contributed by atoms with Crippen molar-refractivity contribution < 1.29 is 27.4 Å². The lowest BCUT2D eigenvalue weighted by molar-refractivity contribution is -0.274. The Bertz CT molecular complexity index is 872. The summed E-state index contributed by atoms with van der Waals surface area (Å²) in [6, 6.07) is 13.8. The van der Waals surface area contributed by atoms with Gasteiger partial charge in [-0.1, -0.05) is 24.3 Å². The number of halogens is 3. The smallest absolute Gasteiger partial charge is 0.452 e. The molecule has 0 aromatic heterocycles. The first-order valence-corrected chi connectivity index (χ1v) is 7.56. The molecular formula is C18H14F3N3O3. The molecule has 140 valence electrons. The molecule has 27 heavy (non-hydrogen) atoms. The predicted octanol–water partition coefficient (Wildman–Crippen LogP) is 3.76. The highest BCUT2D eigenvalue weighted by Gasteiger charge is 2.31. The molecule has 0 heterocycles. The minimum atomic E-state index is -4.83. The Morgan fingerprint density at radius 3 is 2.52 bits per heavy atom. The molecule has 0 aliphatic carbocycles. The van der Waals surface area contributed by atoms with Gasteiger partial charge in [0.25, 0.3) is 0 Å². The standard InChI is InChI=1S/C18H14F3N3O3/c1-26-17(25)24-23-16(9-12-5-7-13(11-22)8-6-12)14-3-2-4-15(10-14)27-18(19,20)21/h2-8,10H,9H2,1H3,(H,24,25)/b23-16+. The number of carbonyl (C=O) groups excluding carboxylic acids is 1. The number of rotatable bonds is 5. The Labute approximate surface area is 152 Å². The monoisotopic (exact) mass is 377 g/mol. The topological polar surface area (TPSA) is 83.7 Å². The number of ether oxygens (including phenoxy) is 2. The van der Waals surface area contributed by atoms with Crippen LogP contribution in [-0.2, 0) is 11.2 Å². The summed E-state index contributed by atoms with van der Waals surface area (Å²) in [6.07, 6.45) is -5.46. The van der Waals surface area contributed by atoms with E-state index in [1.54, 1.807) is 24.3 Å². The maximum absolute atomic E-state index is 12.4. The van der Waals surface area contributed by atoms with E-state index in [1.165, 1.54) is 12.1 Å². The number of hydrogen-bond acceptors (Lipinski definition) is 5. The fourth-order valence-electron chi connectivity index (χ4n) is 2.13. The third-order valence-electron chi connectivity index (χ3n) is 3.32. The molecule has 2 aromatic rings. The van der Waals surface area contributed by atoms with E-state index in [2.05, 4.69) is 20.0 Å². The third kappa shape index (κ3) is 6.36. The van der Waals surface area contributed by atoms with Crippen LogP contribution in [0.15, 0.2) is 53.6 Å². The first-order chi connectivity index (χ1) is 12.8. The van der Waals surface area contributed by atoms with Gasteiger partial charge in [0.05, 0.1) is 24.5 Å². The Morgan fingerprint density at radius 2 is 1.93 bits per heavy atom. The van der Waals surface area contributed by atoms with Gasteiger partial charge >= 0.3 is 12.5 Å². The molecule has 0 fully saturated rings. The summed E-state index contributed by atoms with van der Waals surface area (Å²) in [4.78, 5) is 11.3. The predicted molar refractivity (Wildman–Crippen MR) is 90.1 cm³/mol. The fraction of sp³-hybridized carbons (Fsp3) is 0.167. The average Bonchev–Trinajstić information content (AvgIpc) is 2.64. The van der Waals surface area contributed by atoms with Crippen molar-refractivity contribution in [3.05, 3.63) is 65.2 Å². The SMILES string of the molecule is COC(=O)N/N=C(\Cc1ccc(C#N)cc1)c1cccc(OC(F)(F)F)c1. The zero-order chi connectivity index (χ0) is 19.9. The van der Waals surface area contributed by atoms with Crippen LogP contribution in [0.2, 0.25) is 0 Å². The van der Waals surface area contributed by atoms with E-state index in [-0.39, 0.29) is 12.1 Å². The second kappa shape index (κ2) is 8.71. The maximum atomic E-state index is 12.4. The second-order valence-electron chi connectivity index (χ2n) is 5.22. The summed E-state index contributed by atoms with van der Waals surface area (Å²) >= 11 is 0. The van der Waals surface area contributed by atoms with Gasteiger partial charge in [-0.05, 0) is 29.8 Å². The van der Waals surface area contributed by atoms with Gasteiger partial charge in [-0.3, -0.25) is 0 Å². The average molecular weight is 377 g/mol. The number of nitriles is 1. The van der Waals surface area contributed by atoms with E-state index in [1.807, 2.05) is 6.07 Å². The van der Waals surface area contributed by atoms with Gasteiger partial charge < -0.3 is 9.47 Å². The van der Waals surface area contributed by atoms with Crippen LogP contribution in [0.1, 0.15) is 16.7 Å². The summed E-state index contributed by atoms with van der Waals surface area (Å²) < 4.78 is 45.7. The fourth-order valence-corrected chi connectivity index (χ4v) is 2.13. The molecule has 2 rings (SSSR count). The number of benzene rings is 2. The lowest BCUT2D eigenvalue weighted by Crippen LogP contribution is -2.21. The highest BCUT2D eigenvalue weighted by Crippen LogP contribution is 2.24. The molecule has 1 N–H and O–H groups in total. The van der Waals surface area contributed by atoms with Gasteiger partial charge in [0.15, 0.2) is 0 Å². The lowest BCUT2D eigenvalue weighted by atomic mass is 10.0. The Balaban J connectivity index is 2.33. The summed E-state index contributed by atoms with van der Waals surface area (Å²) in [5.41, 5.74) is 3.95. The molecule has 0 spiro atoms. The lowest BCUT2D eigenvalue weighted by Gasteiger charge is -2.12. The van der Waals surface area contributed by atoms with Crippen LogP contribution in [0, 0.1) is 11.3 Å². The van der Waals surface area contributed by atoms with E-state index in [0.29, 0.717) is 11.1 Å². The number of nitrogens with one attached hydrogen (secondary N) is 1. The van der Waals surface area contributed by atoms with Crippen molar-refractivity contribution in [2.45, 2.75) is 12.8 Å². The van der Waals surface area contributed by atoms with Gasteiger partial charge in [-0.25, -0.2) is 10.2 Å². The number of carbonyl (C=O) groups is 1. The van der Waals surface area contributed by atoms with Crippen LogP contribution >= 0.6 is 0 Å². The van der Waals surface area contributed by atoms with Crippen LogP contribution in [0.4, 0.5) is 18.0 Å². The van der Waals surface area contributed by atoms with Crippen molar-refractivity contribution >= 4 is 11.8 Å². The van der Waals surface area contributed by atoms with Crippen molar-refractivity contribution in [2.24, 2.45) is 5.10 Å². The number of methoxy groups -OCH3 is 1. The first kappa shape index (κ1) is 19.8. The van der Waals surface area contributed by atoms with E-state index < -0.39 is 18.2 Å². The van der Waals surface area contributed by atoms with Crippen LogP contribution in [-0.4, -0.2) is 25.3 Å². The van der Waals surface area contributed by atoms with Crippen molar-refractivity contribution in [1.82, 2.24) is 5.43 Å². The number of nitrogens with zero attached hydrogens (tertiary/aromatic N) is 2. The molecule has 0 aliphatic rings. The van der Waals surface area contributed by atoms with Crippen molar-refractivity contribution in [1.29, 1.82) is 5.26 Å². The quantitative estimate of drug-likeness (QED) is 0.635. The summed E-state index contributed by atoms with van der Waals surface area (Å²) in [5.74, 6) is -0.411. The van der Waals surface area contributed by atoms with Crippen molar-refractivity contribution in [3.8, 4) is 11.8 Å². The zero-order valence-electron chi connectivity index (χ0n) is 14.1. The highest BCUT2D eigenvalue weighted by atomic mass is 19.4. The maximum Gasteiger partial charge on any atom is 0.573 e. The molecule has 9 heteroatoms. The first-order valence-electron chi connectivity index (χ1n) is 7.56. The molecule has 0 aliphatic heterocycles. The van der Waals surface area contributed by atoms with Crippen molar-refractivity contribution in [2.75, 3.05) is 7.11 Å². The minimum absolute atomic E-state index is 0.186. The van der Waals surface area contributed by atoms with E-state index in [9.17, 15) is 18.0 Å². The molecule has 0 atom stereocenters. The van der Waals surface area contributed by atoms with Crippen LogP contribution in [0.3, 0.4) is 0 Å². The number of hydrogen-bond donors (Lipinski definition) is 1. The number of alkyl halides is 3. The Morgan fingerprint density at radius 1 is 1.22 bits per heavy atom. The van der Waals surface area contributed by atoms with Gasteiger partial charge in [0, 0.05) is 12.0 Å². The highest BCUT2D eigenvalue weighted by molar-refractivity contribution is 6.02. The van der Waals surface area contributed by atoms with Gasteiger partial charge in [0.2, 0.25) is 0 Å². The van der Waals surface area contributed by atoms with Gasteiger partial charge in [0.1, 0.15) is 5.75 Å². The minimum Gasteiger partial charge on any atom is -0.452 e. The molecule has 1 amide bonds. The molecule has 0 saturated heterocycles. The van der Waals surface area contributed by atoms with Gasteiger partial charge in [-0.2, -0.15) is 10.4 Å². The Hall–Kier alpha value is -3.54. The molecule has 0 radical (unpaired) electrons. The molecule has 6 nitrogen and oxygen atoms in total. The molecular weight excluding hydrogens is 363 g/mol. The molecule has 0 bridgehead atoms. The molecule has 0 unspecified atom stereocenters. The van der Waals surface area contributed by atoms with Crippen LogP contribution in [0.25, 0.3) is 0 Å². The second-order valence-corrected chi connectivity index (χ2v) is 5.22. The van der Waals surface area contributed by atoms with Crippen LogP contribution < -0.4 is 10.2 Å². The van der Waals surface area contributed by atoms with Crippen molar-refractivity contribution in [3.63, 3.8) is 0 Å². The largest absolute Gasteiger partial charge is 0.573 e. The molecule has 0 saturated carbocycles. The molecule has 2 aromatic carbocycles. The summed E-state index contributed by atoms with van der Waals surface area (Å²) in [7, 11) is 1.16. The Kier molecular flexibility index (Phi) is 6.38. The van der Waals surface area contributed by atoms with Crippen LogP contribution in [0.5, 0.6) is 5.75 Å². The zero-order valence-corrected chi connectivity index (χ0v) is 14.1. The van der Waals surface area contributed by atoms with E-state index in [4.69, 9.17) is 5.26 Å².